The molecule has 0 unspecified atom stereocenters. The van der Waals surface area contributed by atoms with Crippen LogP contribution in [-0.2, 0) is 14.8 Å². The normalized spacial score (nSPS) is 11.2. The number of sulfonamides is 1. The number of nitrogens with one attached hydrogen (secondary N) is 2. The average Bonchev–Trinajstić information content (AvgIpc) is 2.79. The summed E-state index contributed by atoms with van der Waals surface area (Å²) in [6, 6.07) is 16.0. The van der Waals surface area contributed by atoms with Gasteiger partial charge in [-0.2, -0.15) is 0 Å². The van der Waals surface area contributed by atoms with Crippen LogP contribution in [0.3, 0.4) is 0 Å². The number of hydrogen-bond donors (Lipinski definition) is 2. The minimum atomic E-state index is -3.97. The Kier molecular flexibility index (Phi) is 7.31. The molecule has 0 aliphatic rings. The van der Waals surface area contributed by atoms with E-state index in [1.165, 1.54) is 61.7 Å². The lowest BCUT2D eigenvalue weighted by molar-refractivity contribution is -0.385. The molecule has 170 valence electrons. The Morgan fingerprint density at radius 3 is 2.45 bits per heavy atom. The molecule has 0 saturated carbocycles. The van der Waals surface area contributed by atoms with E-state index in [1.807, 2.05) is 0 Å². The number of rotatable bonds is 8. The predicted molar refractivity (Wildman–Crippen MR) is 126 cm³/mol. The van der Waals surface area contributed by atoms with Gasteiger partial charge in [-0.15, -0.1) is 0 Å². The molecule has 0 spiro atoms. The van der Waals surface area contributed by atoms with Crippen LogP contribution in [0, 0.1) is 10.1 Å². The fourth-order valence-corrected chi connectivity index (χ4v) is 4.03. The molecule has 0 bridgehead atoms. The number of hydrogen-bond acceptors (Lipinski definition) is 6. The van der Waals surface area contributed by atoms with E-state index in [0.29, 0.717) is 10.7 Å². The van der Waals surface area contributed by atoms with Crippen molar-refractivity contribution in [3.63, 3.8) is 0 Å². The average molecular weight is 488 g/mol. The Morgan fingerprint density at radius 2 is 1.79 bits per heavy atom. The quantitative estimate of drug-likeness (QED) is 0.269. The van der Waals surface area contributed by atoms with E-state index >= 15 is 0 Å². The van der Waals surface area contributed by atoms with Crippen LogP contribution in [-0.4, -0.2) is 26.4 Å². The third kappa shape index (κ3) is 6.09. The van der Waals surface area contributed by atoms with E-state index < -0.39 is 20.9 Å². The van der Waals surface area contributed by atoms with Crippen molar-refractivity contribution in [2.24, 2.45) is 0 Å². The maximum absolute atomic E-state index is 12.8. The maximum Gasteiger partial charge on any atom is 0.276 e. The lowest BCUT2D eigenvalue weighted by Gasteiger charge is -2.13. The van der Waals surface area contributed by atoms with Crippen LogP contribution in [0.4, 0.5) is 17.1 Å². The molecular formula is C22H18ClN3O6S. The van der Waals surface area contributed by atoms with Crippen LogP contribution in [0.15, 0.2) is 77.7 Å². The van der Waals surface area contributed by atoms with Crippen molar-refractivity contribution >= 4 is 50.7 Å². The summed E-state index contributed by atoms with van der Waals surface area (Å²) in [5.41, 5.74) is 0.510. The van der Waals surface area contributed by atoms with Gasteiger partial charge in [0, 0.05) is 22.9 Å². The van der Waals surface area contributed by atoms with Gasteiger partial charge in [0.15, 0.2) is 0 Å². The maximum atomic E-state index is 12.8. The summed E-state index contributed by atoms with van der Waals surface area (Å²) in [4.78, 5) is 22.9. The second-order valence-electron chi connectivity index (χ2n) is 6.61. The number of carbonyl (C=O) groups is 1. The van der Waals surface area contributed by atoms with Gasteiger partial charge in [0.05, 0.1) is 28.2 Å². The largest absolute Gasteiger partial charge is 0.495 e. The highest BCUT2D eigenvalue weighted by Crippen LogP contribution is 2.29. The lowest BCUT2D eigenvalue weighted by atomic mass is 10.1. The number of ether oxygens (including phenoxy) is 1. The number of methoxy groups -OCH3 is 1. The summed E-state index contributed by atoms with van der Waals surface area (Å²) in [5, 5.41) is 14.1. The number of benzene rings is 3. The highest BCUT2D eigenvalue weighted by atomic mass is 35.5. The molecule has 0 aliphatic heterocycles. The van der Waals surface area contributed by atoms with Gasteiger partial charge < -0.3 is 10.1 Å². The Hall–Kier alpha value is -3.89. The summed E-state index contributed by atoms with van der Waals surface area (Å²) in [6.07, 6.45) is 2.40. The van der Waals surface area contributed by atoms with Gasteiger partial charge in [-0.3, -0.25) is 19.6 Å². The summed E-state index contributed by atoms with van der Waals surface area (Å²) < 4.78 is 33.1. The molecule has 33 heavy (non-hydrogen) atoms. The van der Waals surface area contributed by atoms with Crippen LogP contribution in [0.5, 0.6) is 5.75 Å². The lowest BCUT2D eigenvalue weighted by Crippen LogP contribution is -2.14. The fraction of sp³-hybridized carbons (Fsp3) is 0.0455. The van der Waals surface area contributed by atoms with Crippen LogP contribution in [0.2, 0.25) is 5.02 Å². The van der Waals surface area contributed by atoms with Crippen LogP contribution in [0.25, 0.3) is 6.08 Å². The zero-order valence-electron chi connectivity index (χ0n) is 17.2. The van der Waals surface area contributed by atoms with E-state index in [-0.39, 0.29) is 27.6 Å². The fourth-order valence-electron chi connectivity index (χ4n) is 2.82. The van der Waals surface area contributed by atoms with Crippen molar-refractivity contribution in [3.8, 4) is 5.75 Å². The van der Waals surface area contributed by atoms with E-state index in [4.69, 9.17) is 16.3 Å². The smallest absolute Gasteiger partial charge is 0.276 e. The zero-order chi connectivity index (χ0) is 24.0. The molecular weight excluding hydrogens is 470 g/mol. The van der Waals surface area contributed by atoms with Gasteiger partial charge in [-0.1, -0.05) is 23.7 Å². The molecule has 3 rings (SSSR count). The molecule has 2 N–H and O–H groups in total. The summed E-state index contributed by atoms with van der Waals surface area (Å²) >= 11 is 5.82. The van der Waals surface area contributed by atoms with Gasteiger partial charge in [0.25, 0.3) is 15.7 Å². The molecule has 11 heteroatoms. The summed E-state index contributed by atoms with van der Waals surface area (Å²) in [6.45, 7) is 0. The molecule has 0 radical (unpaired) electrons. The number of nitro benzene ring substituents is 1. The first kappa shape index (κ1) is 23.8. The first-order valence-electron chi connectivity index (χ1n) is 9.38. The minimum absolute atomic E-state index is 0.105. The number of halogens is 1. The first-order chi connectivity index (χ1) is 15.7. The summed E-state index contributed by atoms with van der Waals surface area (Å²) in [7, 11) is -2.60. The number of anilines is 2. The minimum Gasteiger partial charge on any atom is -0.495 e. The van der Waals surface area contributed by atoms with Crippen LogP contribution < -0.4 is 14.8 Å². The third-order valence-corrected chi connectivity index (χ3v) is 6.01. The second-order valence-corrected chi connectivity index (χ2v) is 8.73. The van der Waals surface area contributed by atoms with Gasteiger partial charge in [-0.25, -0.2) is 8.42 Å². The van der Waals surface area contributed by atoms with Crippen molar-refractivity contribution in [3.05, 3.63) is 93.5 Å². The highest BCUT2D eigenvalue weighted by Gasteiger charge is 2.18. The zero-order valence-corrected chi connectivity index (χ0v) is 18.8. The van der Waals surface area contributed by atoms with Crippen LogP contribution >= 0.6 is 11.6 Å². The van der Waals surface area contributed by atoms with Gasteiger partial charge in [0.1, 0.15) is 5.75 Å². The number of nitro groups is 1. The number of amides is 1. The molecule has 1 amide bonds. The predicted octanol–water partition coefficient (Wildman–Crippen LogP) is 4.71. The Bertz CT molecular complexity index is 1320. The molecule has 3 aromatic carbocycles. The van der Waals surface area contributed by atoms with Gasteiger partial charge in [0.2, 0.25) is 5.91 Å². The number of nitrogens with zero attached hydrogens (tertiary/aromatic N) is 1. The van der Waals surface area contributed by atoms with Crippen molar-refractivity contribution in [2.75, 3.05) is 17.1 Å². The van der Waals surface area contributed by atoms with Crippen molar-refractivity contribution in [2.45, 2.75) is 4.90 Å². The second kappa shape index (κ2) is 10.2. The molecule has 0 saturated heterocycles. The molecule has 0 atom stereocenters. The molecule has 0 aliphatic carbocycles. The topological polar surface area (TPSA) is 128 Å². The van der Waals surface area contributed by atoms with Crippen LogP contribution in [0.1, 0.15) is 5.56 Å². The van der Waals surface area contributed by atoms with Gasteiger partial charge in [-0.05, 0) is 54.6 Å². The van der Waals surface area contributed by atoms with E-state index in [9.17, 15) is 23.3 Å². The number of para-hydroxylation sites is 1. The SMILES string of the molecule is COc1ccc(S(=O)(=O)Nc2ccc(Cl)cc2)cc1NC(=O)/C=C/c1ccccc1[N+](=O)[O-]. The van der Waals surface area contributed by atoms with Crippen molar-refractivity contribution in [1.82, 2.24) is 0 Å². The van der Waals surface area contributed by atoms with E-state index in [0.717, 1.165) is 6.08 Å². The highest BCUT2D eigenvalue weighted by molar-refractivity contribution is 7.92. The van der Waals surface area contributed by atoms with Crippen molar-refractivity contribution in [1.29, 1.82) is 0 Å². The molecule has 9 nitrogen and oxygen atoms in total. The Morgan fingerprint density at radius 1 is 1.09 bits per heavy atom. The van der Waals surface area contributed by atoms with Crippen molar-refractivity contribution < 1.29 is 22.9 Å². The van der Waals surface area contributed by atoms with Gasteiger partial charge >= 0.3 is 0 Å². The standard InChI is InChI=1S/C22H18ClN3O6S/c1-32-21-12-11-18(33(30,31)25-17-9-7-16(23)8-10-17)14-19(21)24-22(27)13-6-15-4-2-3-5-20(15)26(28)29/h2-14,25H,1H3,(H,24,27)/b13-6+. The Balaban J connectivity index is 1.83. The van der Waals surface area contributed by atoms with E-state index in [1.54, 1.807) is 18.2 Å². The first-order valence-corrected chi connectivity index (χ1v) is 11.2. The third-order valence-electron chi connectivity index (χ3n) is 4.38. The monoisotopic (exact) mass is 487 g/mol. The Labute approximate surface area is 194 Å². The molecule has 0 heterocycles. The molecule has 3 aromatic rings. The van der Waals surface area contributed by atoms with E-state index in [2.05, 4.69) is 10.0 Å². The summed E-state index contributed by atoms with van der Waals surface area (Å²) in [5.74, 6) is -0.403. The number of carbonyl (C=O) groups excluding carboxylic acids is 1. The molecule has 0 aromatic heterocycles. The molecule has 0 fully saturated rings.